The molecular weight excluding hydrogens is 274 g/mol. The van der Waals surface area contributed by atoms with Gasteiger partial charge in [0.05, 0.1) is 37.2 Å². The van der Waals surface area contributed by atoms with Crippen LogP contribution in [0.3, 0.4) is 0 Å². The van der Waals surface area contributed by atoms with Crippen molar-refractivity contribution in [2.24, 2.45) is 0 Å². The van der Waals surface area contributed by atoms with Crippen molar-refractivity contribution >= 4 is 23.3 Å². The lowest BCUT2D eigenvalue weighted by atomic mass is 10.1. The van der Waals surface area contributed by atoms with Gasteiger partial charge in [0.1, 0.15) is 0 Å². The summed E-state index contributed by atoms with van der Waals surface area (Å²) in [6, 6.07) is 4.79. The molecular formula is C14H21N3O4. The van der Waals surface area contributed by atoms with Crippen LogP contribution in [0, 0.1) is 0 Å². The quantitative estimate of drug-likeness (QED) is 0.425. The standard InChI is InChI=1S/C14H21N3O4/c1-17(9-13(18)16-6-7-20-2)12-8-10(14(19)21-3)4-5-11(12)15/h4-5,8H,6-7,9,15H2,1-3H3,(H,16,18). The second kappa shape index (κ2) is 8.11. The number of hydrogen-bond acceptors (Lipinski definition) is 6. The predicted molar refractivity (Wildman–Crippen MR) is 80.3 cm³/mol. The molecule has 116 valence electrons. The number of likely N-dealkylation sites (N-methyl/N-ethyl adjacent to an activating group) is 1. The molecule has 0 heterocycles. The van der Waals surface area contributed by atoms with Crippen molar-refractivity contribution in [1.29, 1.82) is 0 Å². The molecule has 1 aromatic rings. The lowest BCUT2D eigenvalue weighted by molar-refractivity contribution is -0.119. The summed E-state index contributed by atoms with van der Waals surface area (Å²) in [6.07, 6.45) is 0. The highest BCUT2D eigenvalue weighted by molar-refractivity contribution is 5.92. The number of benzene rings is 1. The fourth-order valence-electron chi connectivity index (χ4n) is 1.77. The van der Waals surface area contributed by atoms with Crippen molar-refractivity contribution in [2.45, 2.75) is 0 Å². The van der Waals surface area contributed by atoms with Crippen LogP contribution in [0.4, 0.5) is 11.4 Å². The first kappa shape index (κ1) is 16.8. The van der Waals surface area contributed by atoms with Gasteiger partial charge in [0.25, 0.3) is 0 Å². The van der Waals surface area contributed by atoms with Crippen LogP contribution in [0.2, 0.25) is 0 Å². The van der Waals surface area contributed by atoms with Crippen molar-refractivity contribution in [1.82, 2.24) is 5.32 Å². The molecule has 1 amide bonds. The lowest BCUT2D eigenvalue weighted by Crippen LogP contribution is -2.37. The van der Waals surface area contributed by atoms with Crippen LogP contribution < -0.4 is 16.0 Å². The maximum Gasteiger partial charge on any atom is 0.337 e. The zero-order chi connectivity index (χ0) is 15.8. The Morgan fingerprint density at radius 3 is 2.67 bits per heavy atom. The number of ether oxygens (including phenoxy) is 2. The van der Waals surface area contributed by atoms with Crippen LogP contribution in [0.1, 0.15) is 10.4 Å². The van der Waals surface area contributed by atoms with Crippen LogP contribution in [0.5, 0.6) is 0 Å². The number of nitrogens with one attached hydrogen (secondary N) is 1. The Morgan fingerprint density at radius 1 is 1.33 bits per heavy atom. The third kappa shape index (κ3) is 4.96. The van der Waals surface area contributed by atoms with Crippen molar-refractivity contribution in [3.8, 4) is 0 Å². The number of esters is 1. The van der Waals surface area contributed by atoms with Crippen molar-refractivity contribution < 1.29 is 19.1 Å². The number of rotatable bonds is 7. The van der Waals surface area contributed by atoms with Gasteiger partial charge in [0.2, 0.25) is 5.91 Å². The van der Waals surface area contributed by atoms with Crippen LogP contribution in [-0.4, -0.2) is 52.8 Å². The summed E-state index contributed by atoms with van der Waals surface area (Å²) >= 11 is 0. The largest absolute Gasteiger partial charge is 0.465 e. The van der Waals surface area contributed by atoms with E-state index in [-0.39, 0.29) is 12.5 Å². The Labute approximate surface area is 124 Å². The third-order valence-electron chi connectivity index (χ3n) is 2.87. The summed E-state index contributed by atoms with van der Waals surface area (Å²) in [5.41, 5.74) is 7.34. The summed E-state index contributed by atoms with van der Waals surface area (Å²) in [5, 5.41) is 2.71. The minimum atomic E-state index is -0.450. The minimum absolute atomic E-state index is 0.124. The van der Waals surface area contributed by atoms with Crippen molar-refractivity contribution in [3.05, 3.63) is 23.8 Å². The molecule has 0 saturated carbocycles. The smallest absolute Gasteiger partial charge is 0.337 e. The number of nitrogens with zero attached hydrogens (tertiary/aromatic N) is 1. The summed E-state index contributed by atoms with van der Waals surface area (Å²) in [7, 11) is 4.60. The minimum Gasteiger partial charge on any atom is -0.465 e. The predicted octanol–water partition coefficient (Wildman–Crippen LogP) is 0.254. The van der Waals surface area contributed by atoms with Gasteiger partial charge in [-0.05, 0) is 18.2 Å². The number of carbonyl (C=O) groups is 2. The normalized spacial score (nSPS) is 10.0. The van der Waals surface area contributed by atoms with Crippen LogP contribution in [0.15, 0.2) is 18.2 Å². The van der Waals surface area contributed by atoms with Gasteiger partial charge in [-0.15, -0.1) is 0 Å². The van der Waals surface area contributed by atoms with E-state index in [2.05, 4.69) is 10.1 Å². The molecule has 1 rings (SSSR count). The summed E-state index contributed by atoms with van der Waals surface area (Å²) in [6.45, 7) is 1.02. The van der Waals surface area contributed by atoms with E-state index in [9.17, 15) is 9.59 Å². The van der Waals surface area contributed by atoms with Gasteiger partial charge in [-0.2, -0.15) is 0 Å². The number of hydrogen-bond donors (Lipinski definition) is 2. The molecule has 0 radical (unpaired) electrons. The zero-order valence-electron chi connectivity index (χ0n) is 12.5. The molecule has 0 bridgehead atoms. The van der Waals surface area contributed by atoms with Gasteiger partial charge < -0.3 is 25.4 Å². The fraction of sp³-hybridized carbons (Fsp3) is 0.429. The van der Waals surface area contributed by atoms with Crippen molar-refractivity contribution in [2.75, 3.05) is 51.6 Å². The highest BCUT2D eigenvalue weighted by atomic mass is 16.5. The molecule has 7 nitrogen and oxygen atoms in total. The first-order valence-corrected chi connectivity index (χ1v) is 6.44. The maximum absolute atomic E-state index is 11.7. The van der Waals surface area contributed by atoms with Crippen LogP contribution in [-0.2, 0) is 14.3 Å². The first-order chi connectivity index (χ1) is 9.99. The number of carbonyl (C=O) groups excluding carboxylic acids is 2. The summed E-state index contributed by atoms with van der Waals surface area (Å²) < 4.78 is 9.52. The highest BCUT2D eigenvalue weighted by Crippen LogP contribution is 2.23. The number of anilines is 2. The molecule has 7 heteroatoms. The van der Waals surface area contributed by atoms with Gasteiger partial charge in [-0.1, -0.05) is 0 Å². The summed E-state index contributed by atoms with van der Waals surface area (Å²) in [5.74, 6) is -0.605. The first-order valence-electron chi connectivity index (χ1n) is 6.44. The Kier molecular flexibility index (Phi) is 6.48. The second-order valence-electron chi connectivity index (χ2n) is 4.46. The highest BCUT2D eigenvalue weighted by Gasteiger charge is 2.13. The van der Waals surface area contributed by atoms with Gasteiger partial charge in [0, 0.05) is 20.7 Å². The van der Waals surface area contributed by atoms with E-state index in [0.717, 1.165) is 0 Å². The zero-order valence-corrected chi connectivity index (χ0v) is 12.5. The molecule has 0 spiro atoms. The topological polar surface area (TPSA) is 93.9 Å². The maximum atomic E-state index is 11.7. The van der Waals surface area contributed by atoms with Crippen LogP contribution >= 0.6 is 0 Å². The van der Waals surface area contributed by atoms with E-state index in [1.54, 1.807) is 37.3 Å². The molecule has 0 atom stereocenters. The van der Waals surface area contributed by atoms with E-state index in [4.69, 9.17) is 10.5 Å². The third-order valence-corrected chi connectivity index (χ3v) is 2.87. The number of methoxy groups -OCH3 is 2. The molecule has 0 aliphatic carbocycles. The van der Waals surface area contributed by atoms with E-state index in [0.29, 0.717) is 30.1 Å². The Morgan fingerprint density at radius 2 is 2.05 bits per heavy atom. The Hall–Kier alpha value is -2.28. The molecule has 0 aliphatic rings. The van der Waals surface area contributed by atoms with Crippen molar-refractivity contribution in [3.63, 3.8) is 0 Å². The van der Waals surface area contributed by atoms with E-state index < -0.39 is 5.97 Å². The molecule has 1 aromatic carbocycles. The molecule has 21 heavy (non-hydrogen) atoms. The number of nitrogens with two attached hydrogens (primary N) is 1. The second-order valence-corrected chi connectivity index (χ2v) is 4.46. The molecule has 0 unspecified atom stereocenters. The SMILES string of the molecule is COCCNC(=O)CN(C)c1cc(C(=O)OC)ccc1N. The monoisotopic (exact) mass is 295 g/mol. The summed E-state index contributed by atoms with van der Waals surface area (Å²) in [4.78, 5) is 24.9. The van der Waals surface area contributed by atoms with E-state index in [1.165, 1.54) is 7.11 Å². The van der Waals surface area contributed by atoms with E-state index >= 15 is 0 Å². The average molecular weight is 295 g/mol. The Balaban J connectivity index is 2.74. The molecule has 0 fully saturated rings. The number of amides is 1. The molecule has 3 N–H and O–H groups in total. The van der Waals surface area contributed by atoms with E-state index in [1.807, 2.05) is 0 Å². The fourth-order valence-corrected chi connectivity index (χ4v) is 1.77. The lowest BCUT2D eigenvalue weighted by Gasteiger charge is -2.21. The molecule has 0 saturated heterocycles. The van der Waals surface area contributed by atoms with Crippen LogP contribution in [0.25, 0.3) is 0 Å². The Bertz CT molecular complexity index is 505. The number of nitrogen functional groups attached to an aromatic ring is 1. The van der Waals surface area contributed by atoms with Gasteiger partial charge in [-0.3, -0.25) is 4.79 Å². The molecule has 0 aliphatic heterocycles. The average Bonchev–Trinajstić information content (AvgIpc) is 2.47. The molecule has 0 aromatic heterocycles. The van der Waals surface area contributed by atoms with Gasteiger partial charge in [0.15, 0.2) is 0 Å². The van der Waals surface area contributed by atoms with Gasteiger partial charge >= 0.3 is 5.97 Å². The van der Waals surface area contributed by atoms with Gasteiger partial charge in [-0.25, -0.2) is 4.79 Å².